The van der Waals surface area contributed by atoms with Gasteiger partial charge in [0, 0.05) is 0 Å². The molecule has 1 amide bonds. The van der Waals surface area contributed by atoms with Gasteiger partial charge >= 0.3 is 0 Å². The molecule has 0 aromatic carbocycles. The van der Waals surface area contributed by atoms with Crippen LogP contribution in [0.2, 0.25) is 0 Å². The molecule has 64 valence electrons. The first kappa shape index (κ1) is 10.2. The zero-order valence-electron chi connectivity index (χ0n) is 6.39. The molecule has 0 aliphatic carbocycles. The molecule has 0 bridgehead atoms. The van der Waals surface area contributed by atoms with E-state index < -0.39 is 5.72 Å². The fraction of sp³-hybridized carbons (Fsp3) is 0.667. The van der Waals surface area contributed by atoms with Gasteiger partial charge in [0.1, 0.15) is 5.88 Å². The number of hydrogen-bond donors (Lipinski definition) is 1. The summed E-state index contributed by atoms with van der Waals surface area (Å²) in [6.07, 6.45) is 0. The number of alkyl halides is 1. The van der Waals surface area contributed by atoms with Gasteiger partial charge in [0.2, 0.25) is 5.91 Å². The molecule has 11 heavy (non-hydrogen) atoms. The first-order valence-corrected chi connectivity index (χ1v) is 3.53. The molecule has 4 nitrogen and oxygen atoms in total. The van der Waals surface area contributed by atoms with Crippen molar-refractivity contribution in [3.05, 3.63) is 0 Å². The molecular weight excluding hydrogens is 170 g/mol. The van der Waals surface area contributed by atoms with Crippen molar-refractivity contribution in [2.75, 3.05) is 5.88 Å². The highest BCUT2D eigenvalue weighted by Crippen LogP contribution is 2.01. The zero-order valence-corrected chi connectivity index (χ0v) is 7.14. The average molecular weight is 180 g/mol. The van der Waals surface area contributed by atoms with Crippen LogP contribution in [-0.4, -0.2) is 24.0 Å². The Kier molecular flexibility index (Phi) is 3.89. The molecular formula is C6H10ClNO3. The van der Waals surface area contributed by atoms with Crippen molar-refractivity contribution < 1.29 is 14.3 Å². The lowest BCUT2D eigenvalue weighted by Crippen LogP contribution is -2.45. The highest BCUT2D eigenvalue weighted by Gasteiger charge is 2.20. The Bertz CT molecular complexity index is 158. The van der Waals surface area contributed by atoms with Gasteiger partial charge in [-0.3, -0.25) is 9.59 Å². The fourth-order valence-electron chi connectivity index (χ4n) is 0.519. The van der Waals surface area contributed by atoms with E-state index in [1.165, 1.54) is 0 Å². The summed E-state index contributed by atoms with van der Waals surface area (Å²) in [6, 6.07) is 0. The van der Waals surface area contributed by atoms with Crippen LogP contribution in [0.3, 0.4) is 0 Å². The lowest BCUT2D eigenvalue weighted by atomic mass is 10.3. The minimum absolute atomic E-state index is 0.147. The molecule has 0 aromatic rings. The molecule has 0 aliphatic rings. The molecule has 0 saturated heterocycles. The first-order chi connectivity index (χ1) is 5.02. The maximum atomic E-state index is 10.7. The van der Waals surface area contributed by atoms with Gasteiger partial charge in [-0.1, -0.05) is 0 Å². The topological polar surface area (TPSA) is 55.4 Å². The summed E-state index contributed by atoms with van der Waals surface area (Å²) in [5, 5.41) is 2.38. The van der Waals surface area contributed by atoms with Crippen LogP contribution in [0.4, 0.5) is 0 Å². The Labute approximate surface area is 69.9 Å². The molecule has 0 fully saturated rings. The summed E-state index contributed by atoms with van der Waals surface area (Å²) in [6.45, 7) is 3.37. The summed E-state index contributed by atoms with van der Waals surface area (Å²) < 4.78 is 4.53. The normalized spacial score (nSPS) is 10.5. The number of carbonyl (C=O) groups is 2. The minimum atomic E-state index is -0.978. The second-order valence-corrected chi connectivity index (χ2v) is 2.67. The van der Waals surface area contributed by atoms with Crippen molar-refractivity contribution in [1.82, 2.24) is 5.32 Å². The summed E-state index contributed by atoms with van der Waals surface area (Å²) in [4.78, 5) is 20.5. The van der Waals surface area contributed by atoms with Crippen LogP contribution >= 0.6 is 11.6 Å². The number of hydrogen-bond acceptors (Lipinski definition) is 3. The fourth-order valence-corrected chi connectivity index (χ4v) is 0.586. The number of amides is 1. The van der Waals surface area contributed by atoms with E-state index in [4.69, 9.17) is 11.6 Å². The molecule has 0 spiro atoms. The lowest BCUT2D eigenvalue weighted by molar-refractivity contribution is -0.146. The van der Waals surface area contributed by atoms with Crippen LogP contribution in [0.15, 0.2) is 0 Å². The number of nitrogens with one attached hydrogen (secondary N) is 1. The molecule has 0 aromatic heterocycles. The SMILES string of the molecule is CC(C)(NC(=O)CCl)OC=O. The Balaban J connectivity index is 3.89. The van der Waals surface area contributed by atoms with Crippen molar-refractivity contribution in [2.24, 2.45) is 0 Å². The lowest BCUT2D eigenvalue weighted by Gasteiger charge is -2.23. The summed E-state index contributed by atoms with van der Waals surface area (Å²) in [5.74, 6) is -0.524. The highest BCUT2D eigenvalue weighted by atomic mass is 35.5. The Morgan fingerprint density at radius 3 is 2.64 bits per heavy atom. The molecule has 1 N–H and O–H groups in total. The maximum Gasteiger partial charge on any atom is 0.295 e. The minimum Gasteiger partial charge on any atom is -0.442 e. The monoisotopic (exact) mass is 179 g/mol. The van der Waals surface area contributed by atoms with Gasteiger partial charge in [-0.2, -0.15) is 0 Å². The number of ether oxygens (including phenoxy) is 1. The van der Waals surface area contributed by atoms with Gasteiger partial charge in [-0.15, -0.1) is 11.6 Å². The van der Waals surface area contributed by atoms with Crippen molar-refractivity contribution in [2.45, 2.75) is 19.6 Å². The van der Waals surface area contributed by atoms with Gasteiger partial charge in [-0.25, -0.2) is 0 Å². The van der Waals surface area contributed by atoms with E-state index >= 15 is 0 Å². The largest absolute Gasteiger partial charge is 0.442 e. The van der Waals surface area contributed by atoms with Crippen molar-refractivity contribution in [3.8, 4) is 0 Å². The predicted molar refractivity (Wildman–Crippen MR) is 40.1 cm³/mol. The summed E-state index contributed by atoms with van der Waals surface area (Å²) >= 11 is 5.20. The molecule has 0 aliphatic heterocycles. The van der Waals surface area contributed by atoms with Gasteiger partial charge in [0.15, 0.2) is 5.72 Å². The van der Waals surface area contributed by atoms with Crippen molar-refractivity contribution >= 4 is 24.0 Å². The van der Waals surface area contributed by atoms with Crippen LogP contribution < -0.4 is 5.32 Å². The van der Waals surface area contributed by atoms with E-state index in [1.54, 1.807) is 13.8 Å². The van der Waals surface area contributed by atoms with Gasteiger partial charge in [0.05, 0.1) is 0 Å². The smallest absolute Gasteiger partial charge is 0.295 e. The second kappa shape index (κ2) is 4.18. The van der Waals surface area contributed by atoms with Crippen molar-refractivity contribution in [3.63, 3.8) is 0 Å². The Morgan fingerprint density at radius 1 is 1.73 bits per heavy atom. The molecule has 5 heteroatoms. The van der Waals surface area contributed by atoms with Crippen LogP contribution in [-0.2, 0) is 14.3 Å². The van der Waals surface area contributed by atoms with E-state index in [9.17, 15) is 9.59 Å². The number of halogens is 1. The standard InChI is InChI=1S/C6H10ClNO3/c1-6(2,11-4-9)8-5(10)3-7/h4H,3H2,1-2H3,(H,8,10). The Morgan fingerprint density at radius 2 is 2.27 bits per heavy atom. The van der Waals surface area contributed by atoms with E-state index in [0.29, 0.717) is 0 Å². The number of carbonyl (C=O) groups excluding carboxylic acids is 2. The highest BCUT2D eigenvalue weighted by molar-refractivity contribution is 6.27. The molecule has 0 unspecified atom stereocenters. The van der Waals surface area contributed by atoms with Gasteiger partial charge in [-0.05, 0) is 13.8 Å². The van der Waals surface area contributed by atoms with Crippen LogP contribution in [0.1, 0.15) is 13.8 Å². The molecule has 0 radical (unpaired) electrons. The number of rotatable bonds is 4. The third-order valence-electron chi connectivity index (χ3n) is 0.905. The van der Waals surface area contributed by atoms with E-state index in [1.807, 2.05) is 0 Å². The maximum absolute atomic E-state index is 10.7. The van der Waals surface area contributed by atoms with Gasteiger partial charge in [0.25, 0.3) is 6.47 Å². The molecule has 0 saturated carbocycles. The zero-order chi connectivity index (χ0) is 8.91. The van der Waals surface area contributed by atoms with E-state index in [2.05, 4.69) is 10.1 Å². The van der Waals surface area contributed by atoms with Gasteiger partial charge < -0.3 is 10.1 Å². The third kappa shape index (κ3) is 4.61. The molecule has 0 heterocycles. The van der Waals surface area contributed by atoms with Crippen molar-refractivity contribution in [1.29, 1.82) is 0 Å². The van der Waals surface area contributed by atoms with Crippen LogP contribution in [0, 0.1) is 0 Å². The molecule has 0 atom stereocenters. The summed E-state index contributed by atoms with van der Waals surface area (Å²) in [5.41, 5.74) is -0.978. The van der Waals surface area contributed by atoms with Crippen LogP contribution in [0.25, 0.3) is 0 Å². The third-order valence-corrected chi connectivity index (χ3v) is 1.15. The summed E-state index contributed by atoms with van der Waals surface area (Å²) in [7, 11) is 0. The predicted octanol–water partition coefficient (Wildman–Crippen LogP) is 0.250. The van der Waals surface area contributed by atoms with E-state index in [0.717, 1.165) is 0 Å². The van der Waals surface area contributed by atoms with E-state index in [-0.39, 0.29) is 18.3 Å². The average Bonchev–Trinajstić information content (AvgIpc) is 1.86. The molecule has 0 rings (SSSR count). The first-order valence-electron chi connectivity index (χ1n) is 3.00. The van der Waals surface area contributed by atoms with Crippen LogP contribution in [0.5, 0.6) is 0 Å². The second-order valence-electron chi connectivity index (χ2n) is 2.41. The Hall–Kier alpha value is -0.770. The quantitative estimate of drug-likeness (QED) is 0.383.